The lowest BCUT2D eigenvalue weighted by Crippen LogP contribution is -2.13. The number of hydrogen-bond acceptors (Lipinski definition) is 3. The summed E-state index contributed by atoms with van der Waals surface area (Å²) in [5.41, 5.74) is 5.57. The number of nitrogens with zero attached hydrogens (tertiary/aromatic N) is 3. The van der Waals surface area contributed by atoms with Gasteiger partial charge >= 0.3 is 0 Å². The second kappa shape index (κ2) is 6.54. The number of aryl methyl sites for hydroxylation is 2. The molecule has 0 atom stereocenters. The third-order valence-corrected chi connectivity index (χ3v) is 3.57. The molecule has 0 radical (unpaired) electrons. The van der Waals surface area contributed by atoms with Crippen molar-refractivity contribution in [3.8, 4) is 11.3 Å². The lowest BCUT2D eigenvalue weighted by Gasteiger charge is -2.05. The van der Waals surface area contributed by atoms with Gasteiger partial charge in [-0.05, 0) is 12.5 Å². The van der Waals surface area contributed by atoms with E-state index >= 15 is 0 Å². The standard InChI is InChI=1S/C18H20N4/c1-14-8-10-15(11-9-14)12-19-13-17-18(21-22(2)20-17)16-6-4-3-5-7-16/h3-11,19H,12-13H2,1-2H3. The molecular weight excluding hydrogens is 272 g/mol. The molecule has 0 spiro atoms. The molecule has 4 heteroatoms. The Morgan fingerprint density at radius 3 is 2.36 bits per heavy atom. The van der Waals surface area contributed by atoms with E-state index < -0.39 is 0 Å². The van der Waals surface area contributed by atoms with Crippen LogP contribution >= 0.6 is 0 Å². The van der Waals surface area contributed by atoms with Crippen molar-refractivity contribution in [1.82, 2.24) is 20.3 Å². The largest absolute Gasteiger partial charge is 0.307 e. The fourth-order valence-corrected chi connectivity index (χ4v) is 2.42. The Labute approximate surface area is 130 Å². The SMILES string of the molecule is Cc1ccc(CNCc2nn(C)nc2-c2ccccc2)cc1. The Bertz CT molecular complexity index is 730. The van der Waals surface area contributed by atoms with Crippen molar-refractivity contribution in [2.75, 3.05) is 0 Å². The molecule has 0 aliphatic heterocycles. The minimum atomic E-state index is 0.700. The quantitative estimate of drug-likeness (QED) is 0.786. The zero-order chi connectivity index (χ0) is 15.4. The van der Waals surface area contributed by atoms with Crippen LogP contribution in [0, 0.1) is 6.92 Å². The van der Waals surface area contributed by atoms with Crippen LogP contribution in [-0.4, -0.2) is 15.0 Å². The fraction of sp³-hybridized carbons (Fsp3) is 0.222. The van der Waals surface area contributed by atoms with Gasteiger partial charge in [-0.25, -0.2) is 0 Å². The number of aromatic nitrogens is 3. The zero-order valence-electron chi connectivity index (χ0n) is 13.0. The van der Waals surface area contributed by atoms with Gasteiger partial charge in [0.2, 0.25) is 0 Å². The Kier molecular flexibility index (Phi) is 4.30. The van der Waals surface area contributed by atoms with E-state index in [0.717, 1.165) is 23.5 Å². The molecule has 1 aromatic heterocycles. The van der Waals surface area contributed by atoms with Crippen LogP contribution < -0.4 is 5.32 Å². The molecule has 22 heavy (non-hydrogen) atoms. The number of rotatable bonds is 5. The molecule has 1 N–H and O–H groups in total. The minimum absolute atomic E-state index is 0.700. The summed E-state index contributed by atoms with van der Waals surface area (Å²) in [5, 5.41) is 12.4. The molecule has 112 valence electrons. The second-order valence-corrected chi connectivity index (χ2v) is 5.44. The van der Waals surface area contributed by atoms with Crippen LogP contribution in [0.5, 0.6) is 0 Å². The highest BCUT2D eigenvalue weighted by atomic mass is 15.5. The van der Waals surface area contributed by atoms with Crippen LogP contribution in [0.2, 0.25) is 0 Å². The van der Waals surface area contributed by atoms with Gasteiger partial charge in [-0.15, -0.1) is 0 Å². The Morgan fingerprint density at radius 2 is 1.64 bits per heavy atom. The van der Waals surface area contributed by atoms with E-state index in [9.17, 15) is 0 Å². The van der Waals surface area contributed by atoms with Gasteiger partial charge in [0.25, 0.3) is 0 Å². The second-order valence-electron chi connectivity index (χ2n) is 5.44. The molecule has 0 amide bonds. The van der Waals surface area contributed by atoms with Gasteiger partial charge in [-0.3, -0.25) is 0 Å². The van der Waals surface area contributed by atoms with E-state index in [4.69, 9.17) is 0 Å². The Balaban J connectivity index is 1.69. The highest BCUT2D eigenvalue weighted by molar-refractivity contribution is 5.60. The van der Waals surface area contributed by atoms with E-state index in [2.05, 4.69) is 58.8 Å². The molecule has 3 aromatic rings. The van der Waals surface area contributed by atoms with Crippen molar-refractivity contribution in [1.29, 1.82) is 0 Å². The molecule has 3 rings (SSSR count). The average Bonchev–Trinajstić information content (AvgIpc) is 2.91. The van der Waals surface area contributed by atoms with Crippen molar-refractivity contribution in [2.45, 2.75) is 20.0 Å². The lowest BCUT2D eigenvalue weighted by atomic mass is 10.1. The van der Waals surface area contributed by atoms with Gasteiger partial charge in [0, 0.05) is 25.7 Å². The van der Waals surface area contributed by atoms with Crippen molar-refractivity contribution in [3.05, 3.63) is 71.4 Å². The van der Waals surface area contributed by atoms with Gasteiger partial charge in [0.1, 0.15) is 11.4 Å². The number of benzene rings is 2. The van der Waals surface area contributed by atoms with Crippen molar-refractivity contribution >= 4 is 0 Å². The highest BCUT2D eigenvalue weighted by Crippen LogP contribution is 2.19. The van der Waals surface area contributed by atoms with Gasteiger partial charge in [-0.1, -0.05) is 60.2 Å². The molecule has 0 saturated heterocycles. The third kappa shape index (κ3) is 3.40. The van der Waals surface area contributed by atoms with Crippen LogP contribution in [0.15, 0.2) is 54.6 Å². The van der Waals surface area contributed by atoms with Crippen LogP contribution in [0.3, 0.4) is 0 Å². The fourth-order valence-electron chi connectivity index (χ4n) is 2.42. The van der Waals surface area contributed by atoms with Gasteiger partial charge < -0.3 is 5.32 Å². The zero-order valence-corrected chi connectivity index (χ0v) is 13.0. The first-order valence-electron chi connectivity index (χ1n) is 7.44. The summed E-state index contributed by atoms with van der Waals surface area (Å²) in [4.78, 5) is 1.63. The maximum Gasteiger partial charge on any atom is 0.117 e. The molecular formula is C18H20N4. The van der Waals surface area contributed by atoms with Crippen molar-refractivity contribution in [3.63, 3.8) is 0 Å². The summed E-state index contributed by atoms with van der Waals surface area (Å²) in [5.74, 6) is 0. The molecule has 0 fully saturated rings. The molecule has 0 aliphatic rings. The first-order chi connectivity index (χ1) is 10.7. The Hall–Kier alpha value is -2.46. The van der Waals surface area contributed by atoms with Crippen LogP contribution in [-0.2, 0) is 20.1 Å². The summed E-state index contributed by atoms with van der Waals surface area (Å²) >= 11 is 0. The summed E-state index contributed by atoms with van der Waals surface area (Å²) in [6.45, 7) is 3.62. The van der Waals surface area contributed by atoms with Crippen LogP contribution in [0.1, 0.15) is 16.8 Å². The summed E-state index contributed by atoms with van der Waals surface area (Å²) in [6.07, 6.45) is 0. The normalized spacial score (nSPS) is 10.8. The summed E-state index contributed by atoms with van der Waals surface area (Å²) < 4.78 is 0. The number of hydrogen-bond donors (Lipinski definition) is 1. The van der Waals surface area contributed by atoms with E-state index in [1.54, 1.807) is 4.80 Å². The predicted octanol–water partition coefficient (Wildman–Crippen LogP) is 3.08. The minimum Gasteiger partial charge on any atom is -0.307 e. The first-order valence-corrected chi connectivity index (χ1v) is 7.44. The molecule has 1 heterocycles. The van der Waals surface area contributed by atoms with E-state index in [1.807, 2.05) is 25.2 Å². The van der Waals surface area contributed by atoms with Crippen LogP contribution in [0.4, 0.5) is 0 Å². The molecule has 0 saturated carbocycles. The molecule has 0 aliphatic carbocycles. The predicted molar refractivity (Wildman–Crippen MR) is 88.2 cm³/mol. The van der Waals surface area contributed by atoms with E-state index in [-0.39, 0.29) is 0 Å². The summed E-state index contributed by atoms with van der Waals surface area (Å²) in [7, 11) is 1.86. The molecule has 4 nitrogen and oxygen atoms in total. The smallest absolute Gasteiger partial charge is 0.117 e. The maximum atomic E-state index is 4.48. The molecule has 0 bridgehead atoms. The van der Waals surface area contributed by atoms with Gasteiger partial charge in [-0.2, -0.15) is 15.0 Å². The van der Waals surface area contributed by atoms with Gasteiger partial charge in [0.15, 0.2) is 0 Å². The highest BCUT2D eigenvalue weighted by Gasteiger charge is 2.11. The summed E-state index contributed by atoms with van der Waals surface area (Å²) in [6, 6.07) is 18.7. The van der Waals surface area contributed by atoms with E-state index in [1.165, 1.54) is 11.1 Å². The maximum absolute atomic E-state index is 4.48. The van der Waals surface area contributed by atoms with Gasteiger partial charge in [0.05, 0.1) is 0 Å². The lowest BCUT2D eigenvalue weighted by molar-refractivity contribution is 0.623. The Morgan fingerprint density at radius 1 is 0.909 bits per heavy atom. The van der Waals surface area contributed by atoms with Crippen LogP contribution in [0.25, 0.3) is 11.3 Å². The van der Waals surface area contributed by atoms with Crippen molar-refractivity contribution in [2.24, 2.45) is 7.05 Å². The average molecular weight is 292 g/mol. The van der Waals surface area contributed by atoms with Crippen molar-refractivity contribution < 1.29 is 0 Å². The first kappa shape index (κ1) is 14.5. The third-order valence-electron chi connectivity index (χ3n) is 3.57. The number of nitrogens with one attached hydrogen (secondary N) is 1. The molecule has 2 aromatic carbocycles. The van der Waals surface area contributed by atoms with E-state index in [0.29, 0.717) is 6.54 Å². The molecule has 0 unspecified atom stereocenters. The topological polar surface area (TPSA) is 42.7 Å². The monoisotopic (exact) mass is 292 g/mol.